The summed E-state index contributed by atoms with van der Waals surface area (Å²) in [6, 6.07) is 14.5. The summed E-state index contributed by atoms with van der Waals surface area (Å²) in [6.07, 6.45) is 19.0. The summed E-state index contributed by atoms with van der Waals surface area (Å²) in [7, 11) is 6.54. The molecule has 8 rings (SSSR count). The number of aldehydes is 1. The number of hydrogen-bond donors (Lipinski definition) is 5. The van der Waals surface area contributed by atoms with E-state index in [0.717, 1.165) is 120 Å². The van der Waals surface area contributed by atoms with E-state index >= 15 is 0 Å². The van der Waals surface area contributed by atoms with Gasteiger partial charge in [0.05, 0.1) is 67.0 Å². The lowest BCUT2D eigenvalue weighted by Crippen LogP contribution is -2.40. The molecule has 5 N–H and O–H groups in total. The van der Waals surface area contributed by atoms with Gasteiger partial charge in [-0.15, -0.1) is 10.2 Å². The molecule has 2 aromatic carbocycles. The van der Waals surface area contributed by atoms with Crippen molar-refractivity contribution < 1.29 is 28.7 Å². The smallest absolute Gasteiger partial charge is 0.407 e. The number of hydrogen-bond acceptors (Lipinski definition) is 12. The normalized spacial score (nSPS) is 16.5. The standard InChI is InChI=1S/C30H35N9O.C9H15NO3.C5H10.C2H4O2/c1-31-18-29(40)32-12-4-3-7-28-33-17-26(34-28)21-9-8-19-14-23(37-38-24(19)15-21)20-10-11-22-25(16-20)36-30(35-22)27-6-5-13-39(27)2;1-13-9(12)10-8(6-11)7-4-2-3-5-7;1-2-4-5-3-1;1-4-2-3/h8-11,14-17,27,31H,3-7,12-13,18H2,1-2H3,(H,32,40)(H,33,34)(H,35,36);6-8H,2-5H2,1H3,(H,10,12);1-5H2;2H,1H3. The summed E-state index contributed by atoms with van der Waals surface area (Å²) in [5.41, 5.74) is 6.67. The number of ether oxygens (including phenoxy) is 2. The van der Waals surface area contributed by atoms with Crippen molar-refractivity contribution in [2.45, 2.75) is 102 Å². The number of nitrogens with one attached hydrogen (secondary N) is 5. The molecule has 2 aliphatic carbocycles. The number of H-pyrrole nitrogens is 2. The number of carbonyl (C=O) groups is 4. The van der Waals surface area contributed by atoms with E-state index in [1.54, 1.807) is 7.05 Å². The highest BCUT2D eigenvalue weighted by molar-refractivity contribution is 5.87. The van der Waals surface area contributed by atoms with Crippen molar-refractivity contribution in [2.75, 3.05) is 47.9 Å². The Morgan fingerprint density at radius 3 is 2.29 bits per heavy atom. The topological polar surface area (TPSA) is 209 Å². The number of unbranched alkanes of at least 4 members (excludes halogenated alkanes) is 1. The van der Waals surface area contributed by atoms with Crippen molar-refractivity contribution in [1.82, 2.24) is 51.0 Å². The van der Waals surface area contributed by atoms with Gasteiger partial charge in [0.15, 0.2) is 0 Å². The number of benzene rings is 2. The van der Waals surface area contributed by atoms with E-state index in [9.17, 15) is 14.4 Å². The molecule has 4 heterocycles. The molecule has 1 aliphatic heterocycles. The summed E-state index contributed by atoms with van der Waals surface area (Å²) in [6.45, 7) is 2.51. The molecule has 3 fully saturated rings. The zero-order valence-electron chi connectivity index (χ0n) is 36.7. The van der Waals surface area contributed by atoms with Crippen LogP contribution in [-0.4, -0.2) is 114 Å². The predicted octanol–water partition coefficient (Wildman–Crippen LogP) is 6.83. The lowest BCUT2D eigenvalue weighted by atomic mass is 10.00. The summed E-state index contributed by atoms with van der Waals surface area (Å²) in [5.74, 6) is 2.31. The van der Waals surface area contributed by atoms with Gasteiger partial charge in [-0.25, -0.2) is 14.8 Å². The van der Waals surface area contributed by atoms with Gasteiger partial charge >= 0.3 is 6.09 Å². The van der Waals surface area contributed by atoms with E-state index in [0.29, 0.717) is 31.5 Å². The van der Waals surface area contributed by atoms with Gasteiger partial charge in [0.25, 0.3) is 6.47 Å². The summed E-state index contributed by atoms with van der Waals surface area (Å²) in [5, 5.41) is 18.4. The van der Waals surface area contributed by atoms with E-state index in [4.69, 9.17) is 9.78 Å². The monoisotopic (exact) mass is 853 g/mol. The third kappa shape index (κ3) is 14.2. The molecule has 334 valence electrons. The maximum atomic E-state index is 11.5. The second-order valence-corrected chi connectivity index (χ2v) is 16.0. The van der Waals surface area contributed by atoms with Crippen LogP contribution in [0.25, 0.3) is 44.5 Å². The molecule has 2 unspecified atom stereocenters. The van der Waals surface area contributed by atoms with Gasteiger partial charge in [-0.3, -0.25) is 14.5 Å². The molecule has 5 aromatic rings. The lowest BCUT2D eigenvalue weighted by Gasteiger charge is -2.17. The first kappa shape index (κ1) is 47.3. The maximum absolute atomic E-state index is 11.5. The largest absolute Gasteiger partial charge is 0.471 e. The van der Waals surface area contributed by atoms with Crippen LogP contribution >= 0.6 is 0 Å². The van der Waals surface area contributed by atoms with Crippen molar-refractivity contribution in [3.05, 3.63) is 60.3 Å². The number of aryl methyl sites for hydroxylation is 1. The number of methoxy groups -OCH3 is 2. The molecule has 62 heavy (non-hydrogen) atoms. The van der Waals surface area contributed by atoms with Crippen molar-refractivity contribution in [1.29, 1.82) is 0 Å². The Bertz CT molecular complexity index is 2150. The van der Waals surface area contributed by atoms with Gasteiger partial charge in [0, 0.05) is 29.5 Å². The molecular weight excluding hydrogens is 789 g/mol. The fourth-order valence-corrected chi connectivity index (χ4v) is 8.11. The average molecular weight is 853 g/mol. The number of likely N-dealkylation sites (tertiary alicyclic amines) is 1. The molecular formula is C46H64N10O6. The first-order valence-corrected chi connectivity index (χ1v) is 22.0. The highest BCUT2D eigenvalue weighted by atomic mass is 16.5. The summed E-state index contributed by atoms with van der Waals surface area (Å²) < 4.78 is 8.29. The first-order chi connectivity index (χ1) is 30.3. The minimum absolute atomic E-state index is 0.0227. The number of alkyl carbamates (subject to hydrolysis) is 1. The Morgan fingerprint density at radius 1 is 0.887 bits per heavy atom. The van der Waals surface area contributed by atoms with Crippen LogP contribution in [-0.2, 0) is 30.3 Å². The van der Waals surface area contributed by atoms with Crippen LogP contribution in [0.4, 0.5) is 4.79 Å². The summed E-state index contributed by atoms with van der Waals surface area (Å²) in [4.78, 5) is 60.7. The third-order valence-electron chi connectivity index (χ3n) is 11.5. The molecule has 0 radical (unpaired) electrons. The van der Waals surface area contributed by atoms with Crippen LogP contribution in [0.5, 0.6) is 0 Å². The molecule has 0 bridgehead atoms. The zero-order valence-corrected chi connectivity index (χ0v) is 36.7. The number of likely N-dealkylation sites (N-methyl/N-ethyl adjacent to an activating group) is 1. The molecule has 16 nitrogen and oxygen atoms in total. The summed E-state index contributed by atoms with van der Waals surface area (Å²) >= 11 is 0. The fourth-order valence-electron chi connectivity index (χ4n) is 8.11. The van der Waals surface area contributed by atoms with Gasteiger partial charge in [-0.05, 0) is 89.3 Å². The van der Waals surface area contributed by atoms with Crippen LogP contribution in [0.1, 0.15) is 101 Å². The van der Waals surface area contributed by atoms with E-state index < -0.39 is 6.09 Å². The van der Waals surface area contributed by atoms with Crippen molar-refractivity contribution in [3.8, 4) is 22.5 Å². The van der Waals surface area contributed by atoms with E-state index in [2.05, 4.69) is 98.9 Å². The van der Waals surface area contributed by atoms with Gasteiger partial charge in [0.2, 0.25) is 5.91 Å². The fraction of sp³-hybridized carbons (Fsp3) is 0.522. The quantitative estimate of drug-likeness (QED) is 0.0576. The minimum atomic E-state index is -0.524. The number of rotatable bonds is 14. The second kappa shape index (κ2) is 25.3. The SMILES string of the molecule is C1CCCC1.CNCC(=O)NCCCCc1ncc(-c2ccc3cc(-c4ccc5nc(C6CCCN6C)[nH]c5c4)nnc3c2)[nH]1.COC(=O)NC(C=O)C1CCCC1.COC=O. The number of fused-ring (bicyclic) bond motifs is 2. The van der Waals surface area contributed by atoms with Crippen LogP contribution in [0, 0.1) is 5.92 Å². The van der Waals surface area contributed by atoms with E-state index in [1.165, 1.54) is 52.7 Å². The maximum Gasteiger partial charge on any atom is 0.407 e. The Morgan fingerprint density at radius 2 is 1.63 bits per heavy atom. The molecule has 2 saturated carbocycles. The number of carbonyl (C=O) groups excluding carboxylic acids is 4. The highest BCUT2D eigenvalue weighted by Crippen LogP contribution is 2.32. The Hall–Kier alpha value is -5.74. The third-order valence-corrected chi connectivity index (χ3v) is 11.5. The molecule has 0 spiro atoms. The van der Waals surface area contributed by atoms with Gasteiger partial charge in [0.1, 0.15) is 17.9 Å². The van der Waals surface area contributed by atoms with E-state index in [1.807, 2.05) is 12.3 Å². The van der Waals surface area contributed by atoms with Gasteiger partial charge in [-0.2, -0.15) is 0 Å². The number of nitrogens with zero attached hydrogens (tertiary/aromatic N) is 5. The van der Waals surface area contributed by atoms with Crippen molar-refractivity contribution in [3.63, 3.8) is 0 Å². The van der Waals surface area contributed by atoms with Gasteiger partial charge in [-0.1, -0.05) is 63.1 Å². The van der Waals surface area contributed by atoms with Gasteiger partial charge < -0.3 is 40.2 Å². The molecule has 16 heteroatoms. The van der Waals surface area contributed by atoms with Crippen LogP contribution in [0.2, 0.25) is 0 Å². The van der Waals surface area contributed by atoms with Crippen LogP contribution in [0.3, 0.4) is 0 Å². The molecule has 3 aliphatic rings. The number of imidazole rings is 2. The highest BCUT2D eigenvalue weighted by Gasteiger charge is 2.27. The Balaban J connectivity index is 0.000000270. The predicted molar refractivity (Wildman–Crippen MR) is 240 cm³/mol. The second-order valence-electron chi connectivity index (χ2n) is 16.0. The molecule has 3 aromatic heterocycles. The average Bonchev–Trinajstić information content (AvgIpc) is 4.16. The van der Waals surface area contributed by atoms with Crippen molar-refractivity contribution in [2.24, 2.45) is 5.92 Å². The zero-order chi connectivity index (χ0) is 44.1. The van der Waals surface area contributed by atoms with Crippen molar-refractivity contribution >= 4 is 46.7 Å². The first-order valence-electron chi connectivity index (χ1n) is 22.0. The Labute approximate surface area is 364 Å². The lowest BCUT2D eigenvalue weighted by molar-refractivity contribution is -0.126. The number of amides is 2. The van der Waals surface area contributed by atoms with Crippen LogP contribution < -0.4 is 16.0 Å². The molecule has 2 atom stereocenters. The number of aromatic amines is 2. The molecule has 1 saturated heterocycles. The van der Waals surface area contributed by atoms with E-state index in [-0.39, 0.29) is 11.9 Å². The molecule has 2 amide bonds. The van der Waals surface area contributed by atoms with Crippen LogP contribution in [0.15, 0.2) is 48.7 Å². The Kier molecular flexibility index (Phi) is 19.3. The minimum Gasteiger partial charge on any atom is -0.471 e. The number of aromatic nitrogens is 6.